The molecular formula is C5H11N2. The van der Waals surface area contributed by atoms with E-state index in [1.807, 2.05) is 0 Å². The lowest BCUT2D eigenvalue weighted by Crippen LogP contribution is -2.42. The molecule has 1 unspecified atom stereocenters. The number of rotatable bonds is 0. The van der Waals surface area contributed by atoms with Crippen LogP contribution in [0.15, 0.2) is 0 Å². The SMILES string of the molecule is CC1C[N]CCN1. The topological polar surface area (TPSA) is 26.1 Å². The first-order valence-electron chi connectivity index (χ1n) is 2.76. The molecule has 0 aromatic heterocycles. The minimum atomic E-state index is 0.619. The van der Waals surface area contributed by atoms with Crippen molar-refractivity contribution in [1.82, 2.24) is 10.6 Å². The average Bonchev–Trinajstić information content (AvgIpc) is 1.69. The maximum atomic E-state index is 4.20. The molecule has 1 radical (unpaired) electrons. The van der Waals surface area contributed by atoms with Gasteiger partial charge in [-0.1, -0.05) is 0 Å². The van der Waals surface area contributed by atoms with Crippen molar-refractivity contribution in [3.63, 3.8) is 0 Å². The Morgan fingerprint density at radius 2 is 2.57 bits per heavy atom. The molecule has 1 aliphatic rings. The summed E-state index contributed by atoms with van der Waals surface area (Å²) in [5, 5.41) is 7.48. The van der Waals surface area contributed by atoms with E-state index in [4.69, 9.17) is 0 Å². The normalized spacial score (nSPS) is 33.0. The predicted molar refractivity (Wildman–Crippen MR) is 29.3 cm³/mol. The third-order valence-electron chi connectivity index (χ3n) is 1.17. The van der Waals surface area contributed by atoms with Gasteiger partial charge in [-0.25, -0.2) is 5.32 Å². The highest BCUT2D eigenvalue weighted by Gasteiger charge is 2.04. The second-order valence-corrected chi connectivity index (χ2v) is 1.98. The quantitative estimate of drug-likeness (QED) is 0.438. The largest absolute Gasteiger partial charge is 0.312 e. The Morgan fingerprint density at radius 1 is 1.71 bits per heavy atom. The molecule has 1 atom stereocenters. The van der Waals surface area contributed by atoms with Crippen LogP contribution in [0.5, 0.6) is 0 Å². The van der Waals surface area contributed by atoms with Crippen molar-refractivity contribution in [2.75, 3.05) is 19.6 Å². The van der Waals surface area contributed by atoms with Crippen LogP contribution in [0.2, 0.25) is 0 Å². The highest BCUT2D eigenvalue weighted by Crippen LogP contribution is 1.82. The number of nitrogens with zero attached hydrogens (tertiary/aromatic N) is 1. The summed E-state index contributed by atoms with van der Waals surface area (Å²) in [6.45, 7) is 5.23. The van der Waals surface area contributed by atoms with Crippen molar-refractivity contribution in [2.45, 2.75) is 13.0 Å². The molecular weight excluding hydrogens is 88.1 g/mol. The zero-order valence-electron chi connectivity index (χ0n) is 4.65. The van der Waals surface area contributed by atoms with Crippen LogP contribution in [0.4, 0.5) is 0 Å². The fraction of sp³-hybridized carbons (Fsp3) is 1.00. The molecule has 41 valence electrons. The van der Waals surface area contributed by atoms with Crippen molar-refractivity contribution < 1.29 is 0 Å². The van der Waals surface area contributed by atoms with Gasteiger partial charge in [0.2, 0.25) is 0 Å². The van der Waals surface area contributed by atoms with Crippen LogP contribution in [0.25, 0.3) is 0 Å². The van der Waals surface area contributed by atoms with E-state index < -0.39 is 0 Å². The molecule has 0 aliphatic carbocycles. The van der Waals surface area contributed by atoms with Gasteiger partial charge in [-0.05, 0) is 6.92 Å². The first-order valence-corrected chi connectivity index (χ1v) is 2.76. The molecule has 1 fully saturated rings. The van der Waals surface area contributed by atoms with Gasteiger partial charge in [0, 0.05) is 25.7 Å². The molecule has 0 saturated carbocycles. The molecule has 2 heteroatoms. The Hall–Kier alpha value is -0.0800. The van der Waals surface area contributed by atoms with Gasteiger partial charge < -0.3 is 5.32 Å². The Kier molecular flexibility index (Phi) is 1.65. The van der Waals surface area contributed by atoms with Gasteiger partial charge >= 0.3 is 0 Å². The van der Waals surface area contributed by atoms with E-state index in [9.17, 15) is 0 Å². The summed E-state index contributed by atoms with van der Waals surface area (Å²) < 4.78 is 0. The van der Waals surface area contributed by atoms with E-state index in [0.717, 1.165) is 19.6 Å². The van der Waals surface area contributed by atoms with Crippen LogP contribution in [0.3, 0.4) is 0 Å². The minimum Gasteiger partial charge on any atom is -0.312 e. The lowest BCUT2D eigenvalue weighted by Gasteiger charge is -2.18. The second-order valence-electron chi connectivity index (χ2n) is 1.98. The molecule has 0 aromatic rings. The van der Waals surface area contributed by atoms with Gasteiger partial charge in [0.1, 0.15) is 0 Å². The maximum Gasteiger partial charge on any atom is 0.0285 e. The number of hydrogen-bond acceptors (Lipinski definition) is 1. The molecule has 0 spiro atoms. The lowest BCUT2D eigenvalue weighted by atomic mass is 10.3. The van der Waals surface area contributed by atoms with E-state index >= 15 is 0 Å². The first kappa shape index (κ1) is 5.06. The Balaban J connectivity index is 2.12. The zero-order chi connectivity index (χ0) is 5.11. The van der Waals surface area contributed by atoms with Crippen LogP contribution in [-0.2, 0) is 0 Å². The monoisotopic (exact) mass is 99.1 g/mol. The first-order chi connectivity index (χ1) is 3.39. The van der Waals surface area contributed by atoms with Crippen molar-refractivity contribution in [2.24, 2.45) is 0 Å². The van der Waals surface area contributed by atoms with Crippen LogP contribution in [0.1, 0.15) is 6.92 Å². The van der Waals surface area contributed by atoms with Crippen LogP contribution in [0, 0.1) is 0 Å². The van der Waals surface area contributed by atoms with E-state index in [1.54, 1.807) is 0 Å². The van der Waals surface area contributed by atoms with Crippen LogP contribution >= 0.6 is 0 Å². The van der Waals surface area contributed by atoms with Gasteiger partial charge in [0.25, 0.3) is 0 Å². The highest BCUT2D eigenvalue weighted by atomic mass is 15.0. The van der Waals surface area contributed by atoms with Crippen molar-refractivity contribution in [3.8, 4) is 0 Å². The van der Waals surface area contributed by atoms with E-state index in [-0.39, 0.29) is 0 Å². The molecule has 1 rings (SSSR count). The van der Waals surface area contributed by atoms with Gasteiger partial charge in [-0.2, -0.15) is 0 Å². The highest BCUT2D eigenvalue weighted by molar-refractivity contribution is 4.69. The summed E-state index contributed by atoms with van der Waals surface area (Å²) >= 11 is 0. The Bertz CT molecular complexity index is 48.0. The summed E-state index contributed by atoms with van der Waals surface area (Å²) in [6.07, 6.45) is 0. The summed E-state index contributed by atoms with van der Waals surface area (Å²) in [5.74, 6) is 0. The third-order valence-corrected chi connectivity index (χ3v) is 1.17. The zero-order valence-corrected chi connectivity index (χ0v) is 4.65. The lowest BCUT2D eigenvalue weighted by molar-refractivity contribution is 0.436. The predicted octanol–water partition coefficient (Wildman–Crippen LogP) is -0.417. The van der Waals surface area contributed by atoms with E-state index in [1.165, 1.54) is 0 Å². The second kappa shape index (κ2) is 2.28. The molecule has 1 aliphatic heterocycles. The maximum absolute atomic E-state index is 4.20. The summed E-state index contributed by atoms with van der Waals surface area (Å²) in [5.41, 5.74) is 0. The Morgan fingerprint density at radius 3 is 2.86 bits per heavy atom. The van der Waals surface area contributed by atoms with Crippen LogP contribution in [-0.4, -0.2) is 25.7 Å². The minimum absolute atomic E-state index is 0.619. The van der Waals surface area contributed by atoms with Crippen LogP contribution < -0.4 is 10.6 Å². The average molecular weight is 99.2 g/mol. The molecule has 1 saturated heterocycles. The van der Waals surface area contributed by atoms with Crippen molar-refractivity contribution in [3.05, 3.63) is 0 Å². The molecule has 0 aromatic carbocycles. The number of hydrogen-bond donors (Lipinski definition) is 1. The van der Waals surface area contributed by atoms with Gasteiger partial charge in [-0.15, -0.1) is 0 Å². The summed E-state index contributed by atoms with van der Waals surface area (Å²) in [4.78, 5) is 0. The van der Waals surface area contributed by atoms with E-state index in [2.05, 4.69) is 17.6 Å². The van der Waals surface area contributed by atoms with Crippen molar-refractivity contribution in [1.29, 1.82) is 0 Å². The van der Waals surface area contributed by atoms with Crippen molar-refractivity contribution >= 4 is 0 Å². The number of piperazine rings is 1. The number of nitrogens with one attached hydrogen (secondary N) is 1. The van der Waals surface area contributed by atoms with Gasteiger partial charge in [0.15, 0.2) is 0 Å². The smallest absolute Gasteiger partial charge is 0.0285 e. The molecule has 1 N–H and O–H groups in total. The fourth-order valence-electron chi connectivity index (χ4n) is 0.739. The standard InChI is InChI=1S/C5H11N2/c1-5-4-6-2-3-7-5/h5,7H,2-4H2,1H3. The molecule has 0 amide bonds. The van der Waals surface area contributed by atoms with Gasteiger partial charge in [0.05, 0.1) is 0 Å². The molecule has 1 heterocycles. The fourth-order valence-corrected chi connectivity index (χ4v) is 0.739. The Labute approximate surface area is 44.3 Å². The summed E-state index contributed by atoms with van der Waals surface area (Å²) in [7, 11) is 0. The third kappa shape index (κ3) is 1.45. The molecule has 0 bridgehead atoms. The summed E-state index contributed by atoms with van der Waals surface area (Å²) in [6, 6.07) is 0.619. The molecule has 2 nitrogen and oxygen atoms in total. The van der Waals surface area contributed by atoms with E-state index in [0.29, 0.717) is 6.04 Å². The van der Waals surface area contributed by atoms with Gasteiger partial charge in [-0.3, -0.25) is 0 Å². The molecule has 7 heavy (non-hydrogen) atoms.